The minimum absolute atomic E-state index is 0.321. The van der Waals surface area contributed by atoms with Crippen molar-refractivity contribution in [2.24, 2.45) is 13.0 Å². The molecule has 1 unspecified atom stereocenters. The number of nitrogens with zero attached hydrogens (tertiary/aromatic N) is 6. The molecule has 0 spiro atoms. The third kappa shape index (κ3) is 2.34. The smallest absolute Gasteiger partial charge is 0.184 e. The lowest BCUT2D eigenvalue weighted by Gasteiger charge is -2.12. The fraction of sp³-hybridized carbons (Fsp3) is 0.333. The number of rotatable bonds is 4. The van der Waals surface area contributed by atoms with E-state index < -0.39 is 0 Å². The highest BCUT2D eigenvalue weighted by Crippen LogP contribution is 2.41. The monoisotopic (exact) mass is 333 g/mol. The normalized spacial score (nSPS) is 15.8. The van der Waals surface area contributed by atoms with Crippen molar-refractivity contribution >= 4 is 11.0 Å². The molecular formula is C18H19N7. The van der Waals surface area contributed by atoms with Crippen LogP contribution in [0.3, 0.4) is 0 Å². The maximum atomic E-state index is 4.86. The first-order chi connectivity index (χ1) is 12.2. The van der Waals surface area contributed by atoms with E-state index >= 15 is 0 Å². The summed E-state index contributed by atoms with van der Waals surface area (Å²) in [6, 6.07) is 4.28. The molecule has 1 saturated carbocycles. The Morgan fingerprint density at radius 3 is 2.96 bits per heavy atom. The maximum Gasteiger partial charge on any atom is 0.184 e. The average Bonchev–Trinajstić information content (AvgIpc) is 3.04. The molecule has 1 N–H and O–H groups in total. The second kappa shape index (κ2) is 5.27. The summed E-state index contributed by atoms with van der Waals surface area (Å²) in [5, 5.41) is 9.07. The molecule has 4 aromatic rings. The molecule has 7 heteroatoms. The highest BCUT2D eigenvalue weighted by Gasteiger charge is 2.32. The second-order valence-electron chi connectivity index (χ2n) is 6.79. The van der Waals surface area contributed by atoms with Crippen molar-refractivity contribution in [2.45, 2.75) is 25.8 Å². The van der Waals surface area contributed by atoms with Crippen LogP contribution in [0.4, 0.5) is 0 Å². The predicted octanol–water partition coefficient (Wildman–Crippen LogP) is 3.19. The van der Waals surface area contributed by atoms with E-state index in [0.29, 0.717) is 17.8 Å². The van der Waals surface area contributed by atoms with Crippen LogP contribution in [-0.4, -0.2) is 34.5 Å². The van der Waals surface area contributed by atoms with Crippen LogP contribution in [0.1, 0.15) is 25.8 Å². The van der Waals surface area contributed by atoms with Gasteiger partial charge in [-0.2, -0.15) is 10.2 Å². The van der Waals surface area contributed by atoms with E-state index in [9.17, 15) is 0 Å². The Bertz CT molecular complexity index is 1050. The molecule has 126 valence electrons. The number of aryl methyl sites for hydroxylation is 1. The Labute approximate surface area is 144 Å². The van der Waals surface area contributed by atoms with Gasteiger partial charge in [0.15, 0.2) is 11.6 Å². The van der Waals surface area contributed by atoms with Crippen molar-refractivity contribution in [3.8, 4) is 22.8 Å². The van der Waals surface area contributed by atoms with Gasteiger partial charge in [0.1, 0.15) is 0 Å². The van der Waals surface area contributed by atoms with Crippen LogP contribution in [0, 0.1) is 5.92 Å². The standard InChI is InChI=1S/C18H19N7/c1-11(12-5-6-12)25-18(14-9-20-15-4-3-7-19-16(14)15)22-17(23-25)13-8-21-24(2)10-13/h3-4,7-12,20H,5-6H2,1-2H3. The molecule has 0 aliphatic heterocycles. The lowest BCUT2D eigenvalue weighted by atomic mass is 10.2. The summed E-state index contributed by atoms with van der Waals surface area (Å²) in [5.74, 6) is 2.25. The average molecular weight is 333 g/mol. The molecular weight excluding hydrogens is 314 g/mol. The van der Waals surface area contributed by atoms with Crippen LogP contribution in [0.25, 0.3) is 33.8 Å². The number of aromatic nitrogens is 7. The van der Waals surface area contributed by atoms with Gasteiger partial charge in [0.25, 0.3) is 0 Å². The van der Waals surface area contributed by atoms with Gasteiger partial charge in [-0.3, -0.25) is 9.67 Å². The second-order valence-corrected chi connectivity index (χ2v) is 6.79. The number of hydrogen-bond donors (Lipinski definition) is 1. The van der Waals surface area contributed by atoms with Gasteiger partial charge in [0.2, 0.25) is 0 Å². The molecule has 1 atom stereocenters. The van der Waals surface area contributed by atoms with Crippen LogP contribution in [0.15, 0.2) is 36.9 Å². The fourth-order valence-electron chi connectivity index (χ4n) is 3.35. The quantitative estimate of drug-likeness (QED) is 0.622. The van der Waals surface area contributed by atoms with E-state index in [-0.39, 0.29) is 0 Å². The third-order valence-corrected chi connectivity index (χ3v) is 4.96. The molecule has 1 fully saturated rings. The van der Waals surface area contributed by atoms with Crippen LogP contribution in [-0.2, 0) is 7.05 Å². The molecule has 0 amide bonds. The highest BCUT2D eigenvalue weighted by molar-refractivity contribution is 5.90. The predicted molar refractivity (Wildman–Crippen MR) is 94.7 cm³/mol. The van der Waals surface area contributed by atoms with E-state index in [0.717, 1.165) is 28.0 Å². The van der Waals surface area contributed by atoms with Gasteiger partial charge in [0, 0.05) is 25.6 Å². The Balaban J connectivity index is 1.70. The van der Waals surface area contributed by atoms with Crippen molar-refractivity contribution < 1.29 is 0 Å². The zero-order valence-electron chi connectivity index (χ0n) is 14.2. The molecule has 0 aromatic carbocycles. The molecule has 4 heterocycles. The lowest BCUT2D eigenvalue weighted by molar-refractivity contribution is 0.445. The number of pyridine rings is 1. The van der Waals surface area contributed by atoms with Crippen molar-refractivity contribution in [1.29, 1.82) is 0 Å². The van der Waals surface area contributed by atoms with Gasteiger partial charge in [-0.05, 0) is 37.8 Å². The van der Waals surface area contributed by atoms with Crippen molar-refractivity contribution in [3.63, 3.8) is 0 Å². The van der Waals surface area contributed by atoms with Gasteiger partial charge < -0.3 is 4.98 Å². The number of hydrogen-bond acceptors (Lipinski definition) is 4. The zero-order valence-corrected chi connectivity index (χ0v) is 14.2. The Hall–Kier alpha value is -2.96. The van der Waals surface area contributed by atoms with E-state index in [4.69, 9.17) is 10.1 Å². The van der Waals surface area contributed by atoms with Crippen LogP contribution in [0.2, 0.25) is 0 Å². The number of nitrogens with one attached hydrogen (secondary N) is 1. The van der Waals surface area contributed by atoms with Gasteiger partial charge in [-0.25, -0.2) is 9.67 Å². The van der Waals surface area contributed by atoms with E-state index in [2.05, 4.69) is 26.7 Å². The highest BCUT2D eigenvalue weighted by atomic mass is 15.4. The minimum Gasteiger partial charge on any atom is -0.359 e. The molecule has 5 rings (SSSR count). The molecule has 0 bridgehead atoms. The van der Waals surface area contributed by atoms with E-state index in [1.165, 1.54) is 12.8 Å². The van der Waals surface area contributed by atoms with Crippen LogP contribution < -0.4 is 0 Å². The molecule has 4 aromatic heterocycles. The van der Waals surface area contributed by atoms with Gasteiger partial charge in [-0.15, -0.1) is 0 Å². The Morgan fingerprint density at radius 2 is 2.20 bits per heavy atom. The summed E-state index contributed by atoms with van der Waals surface area (Å²) >= 11 is 0. The van der Waals surface area contributed by atoms with E-state index in [1.807, 2.05) is 37.8 Å². The van der Waals surface area contributed by atoms with Crippen LogP contribution >= 0.6 is 0 Å². The number of fused-ring (bicyclic) bond motifs is 1. The number of H-pyrrole nitrogens is 1. The first-order valence-electron chi connectivity index (χ1n) is 8.59. The Kier molecular flexibility index (Phi) is 3.03. The van der Waals surface area contributed by atoms with Gasteiger partial charge in [-0.1, -0.05) is 0 Å². The molecule has 25 heavy (non-hydrogen) atoms. The SMILES string of the molecule is CC(C1CC1)n1nc(-c2cnn(C)c2)nc1-c1c[nH]c2cccnc12. The lowest BCUT2D eigenvalue weighted by Crippen LogP contribution is -2.10. The van der Waals surface area contributed by atoms with Gasteiger partial charge in [0.05, 0.1) is 34.4 Å². The van der Waals surface area contributed by atoms with Gasteiger partial charge >= 0.3 is 0 Å². The summed E-state index contributed by atoms with van der Waals surface area (Å²) in [6.07, 6.45) is 10.1. The first-order valence-corrected chi connectivity index (χ1v) is 8.59. The Morgan fingerprint density at radius 1 is 1.32 bits per heavy atom. The summed E-state index contributed by atoms with van der Waals surface area (Å²) in [6.45, 7) is 2.23. The number of aromatic amines is 1. The fourth-order valence-corrected chi connectivity index (χ4v) is 3.35. The largest absolute Gasteiger partial charge is 0.359 e. The third-order valence-electron chi connectivity index (χ3n) is 4.96. The summed E-state index contributed by atoms with van der Waals surface area (Å²) < 4.78 is 3.84. The molecule has 7 nitrogen and oxygen atoms in total. The van der Waals surface area contributed by atoms with Crippen molar-refractivity contribution in [2.75, 3.05) is 0 Å². The molecule has 1 aliphatic rings. The zero-order chi connectivity index (χ0) is 17.0. The van der Waals surface area contributed by atoms with Crippen molar-refractivity contribution in [1.82, 2.24) is 34.5 Å². The maximum absolute atomic E-state index is 4.86. The van der Waals surface area contributed by atoms with Crippen LogP contribution in [0.5, 0.6) is 0 Å². The summed E-state index contributed by atoms with van der Waals surface area (Å²) in [5.41, 5.74) is 3.86. The summed E-state index contributed by atoms with van der Waals surface area (Å²) in [4.78, 5) is 12.7. The minimum atomic E-state index is 0.321. The molecule has 0 saturated heterocycles. The summed E-state index contributed by atoms with van der Waals surface area (Å²) in [7, 11) is 1.90. The van der Waals surface area contributed by atoms with E-state index in [1.54, 1.807) is 10.9 Å². The van der Waals surface area contributed by atoms with Crippen molar-refractivity contribution in [3.05, 3.63) is 36.9 Å². The first kappa shape index (κ1) is 14.4. The topological polar surface area (TPSA) is 77.2 Å². The molecule has 0 radical (unpaired) electrons. The molecule has 1 aliphatic carbocycles.